The molecule has 0 saturated carbocycles. The smallest absolute Gasteiger partial charge is 0.288 e. The van der Waals surface area contributed by atoms with E-state index in [-0.39, 0.29) is 16.4 Å². The molecule has 2 N–H and O–H groups in total. The number of halogens is 1. The van der Waals surface area contributed by atoms with E-state index in [9.17, 15) is 9.50 Å². The van der Waals surface area contributed by atoms with E-state index in [1.165, 1.54) is 6.07 Å². The average molecular weight is 379 g/mol. The largest absolute Gasteiger partial charge is 0.502 e. The Balaban J connectivity index is 2.09. The zero-order valence-electron chi connectivity index (χ0n) is 15.1. The van der Waals surface area contributed by atoms with Crippen LogP contribution in [0.1, 0.15) is 16.7 Å². The van der Waals surface area contributed by atoms with E-state index in [4.69, 9.17) is 12.2 Å². The summed E-state index contributed by atoms with van der Waals surface area (Å²) in [7, 11) is 0. The van der Waals surface area contributed by atoms with E-state index in [1.54, 1.807) is 35.2 Å². The number of aryl methyl sites for hydroxylation is 2. The van der Waals surface area contributed by atoms with Crippen LogP contribution >= 0.6 is 12.2 Å². The van der Waals surface area contributed by atoms with Gasteiger partial charge in [-0.1, -0.05) is 42.5 Å². The Morgan fingerprint density at radius 2 is 1.67 bits per heavy atom. The second-order valence-corrected chi connectivity index (χ2v) is 6.62. The SMILES string of the molecule is Cc1ccc(/C(O)=C(\C(=S)Nc2ccccc2F)[n+]2ccccc2)cc1C. The van der Waals surface area contributed by atoms with Crippen LogP contribution in [0, 0.1) is 19.7 Å². The molecule has 0 atom stereocenters. The highest BCUT2D eigenvalue weighted by atomic mass is 32.1. The molecule has 1 aromatic heterocycles. The van der Waals surface area contributed by atoms with Crippen LogP contribution in [-0.4, -0.2) is 10.1 Å². The molecule has 3 aromatic rings. The highest BCUT2D eigenvalue weighted by Crippen LogP contribution is 2.22. The predicted molar refractivity (Wildman–Crippen MR) is 111 cm³/mol. The maximum atomic E-state index is 14.0. The first kappa shape index (κ1) is 18.7. The van der Waals surface area contributed by atoms with Crippen molar-refractivity contribution in [1.82, 2.24) is 0 Å². The van der Waals surface area contributed by atoms with Crippen LogP contribution in [-0.2, 0) is 0 Å². The molecule has 0 aliphatic heterocycles. The molecule has 0 aliphatic carbocycles. The van der Waals surface area contributed by atoms with Gasteiger partial charge in [0.2, 0.25) is 0 Å². The molecule has 0 aliphatic rings. The average Bonchev–Trinajstić information content (AvgIpc) is 2.67. The predicted octanol–water partition coefficient (Wildman–Crippen LogP) is 5.05. The third-order valence-corrected chi connectivity index (χ3v) is 4.61. The molecule has 1 heterocycles. The number of hydrogen-bond acceptors (Lipinski definition) is 2. The molecule has 0 amide bonds. The summed E-state index contributed by atoms with van der Waals surface area (Å²) in [5.41, 5.74) is 3.46. The van der Waals surface area contributed by atoms with Gasteiger partial charge in [-0.05, 0) is 43.2 Å². The quantitative estimate of drug-likeness (QED) is 0.288. The van der Waals surface area contributed by atoms with Crippen LogP contribution in [0.25, 0.3) is 11.5 Å². The van der Waals surface area contributed by atoms with Gasteiger partial charge in [-0.25, -0.2) is 4.39 Å². The summed E-state index contributed by atoms with van der Waals surface area (Å²) in [6.07, 6.45) is 3.56. The first-order valence-corrected chi connectivity index (χ1v) is 8.91. The molecule has 0 radical (unpaired) electrons. The number of rotatable bonds is 4. The number of nitrogens with one attached hydrogen (secondary N) is 1. The minimum atomic E-state index is -0.414. The van der Waals surface area contributed by atoms with Crippen LogP contribution < -0.4 is 9.88 Å². The number of anilines is 1. The van der Waals surface area contributed by atoms with Crippen LogP contribution in [0.5, 0.6) is 0 Å². The Kier molecular flexibility index (Phi) is 5.62. The minimum Gasteiger partial charge on any atom is -0.502 e. The highest BCUT2D eigenvalue weighted by molar-refractivity contribution is 7.81. The van der Waals surface area contributed by atoms with Crippen LogP contribution in [0.4, 0.5) is 10.1 Å². The van der Waals surface area contributed by atoms with Crippen molar-refractivity contribution in [3.05, 3.63) is 95.6 Å². The fourth-order valence-corrected chi connectivity index (χ4v) is 2.98. The molecule has 0 spiro atoms. The Labute approximate surface area is 163 Å². The zero-order valence-corrected chi connectivity index (χ0v) is 15.9. The van der Waals surface area contributed by atoms with Crippen molar-refractivity contribution in [2.45, 2.75) is 13.8 Å². The number of aromatic nitrogens is 1. The number of pyridine rings is 1. The first-order chi connectivity index (χ1) is 13.0. The minimum absolute atomic E-state index is 0.0168. The topological polar surface area (TPSA) is 36.1 Å². The van der Waals surface area contributed by atoms with Gasteiger partial charge in [-0.3, -0.25) is 0 Å². The van der Waals surface area contributed by atoms with Gasteiger partial charge >= 0.3 is 0 Å². The molecule has 3 nitrogen and oxygen atoms in total. The number of aliphatic hydroxyl groups is 1. The maximum absolute atomic E-state index is 14.0. The first-order valence-electron chi connectivity index (χ1n) is 8.51. The van der Waals surface area contributed by atoms with Crippen molar-refractivity contribution in [1.29, 1.82) is 0 Å². The molecule has 5 heteroatoms. The van der Waals surface area contributed by atoms with E-state index < -0.39 is 5.82 Å². The highest BCUT2D eigenvalue weighted by Gasteiger charge is 2.24. The number of hydrogen-bond donors (Lipinski definition) is 2. The molecule has 0 fully saturated rings. The van der Waals surface area contributed by atoms with Gasteiger partial charge in [0.05, 0.1) is 5.69 Å². The third kappa shape index (κ3) is 4.20. The number of para-hydroxylation sites is 1. The standard InChI is InChI=1S/C22H19FN2OS/c1-15-10-11-17(14-16(15)2)21(26)20(25-12-6-3-7-13-25)22(27)24-19-9-5-4-8-18(19)23/h3-14H,1-2H3,(H-,24,26,27)/p+1. The monoisotopic (exact) mass is 379 g/mol. The molecular weight excluding hydrogens is 359 g/mol. The van der Waals surface area contributed by atoms with E-state index in [2.05, 4.69) is 5.32 Å². The van der Waals surface area contributed by atoms with Gasteiger partial charge < -0.3 is 10.4 Å². The Morgan fingerprint density at radius 1 is 0.963 bits per heavy atom. The summed E-state index contributed by atoms with van der Waals surface area (Å²) in [5, 5.41) is 13.9. The van der Waals surface area contributed by atoms with E-state index >= 15 is 0 Å². The van der Waals surface area contributed by atoms with Gasteiger partial charge in [-0.15, -0.1) is 0 Å². The lowest BCUT2D eigenvalue weighted by Gasteiger charge is -2.11. The van der Waals surface area contributed by atoms with Gasteiger partial charge in [0.25, 0.3) is 5.70 Å². The molecule has 2 aromatic carbocycles. The second kappa shape index (κ2) is 8.10. The van der Waals surface area contributed by atoms with Gasteiger partial charge in [-0.2, -0.15) is 4.57 Å². The van der Waals surface area contributed by atoms with Gasteiger partial charge in [0.1, 0.15) is 5.82 Å². The summed E-state index contributed by atoms with van der Waals surface area (Å²) in [6.45, 7) is 3.99. The van der Waals surface area contributed by atoms with Crippen molar-refractivity contribution in [3.8, 4) is 0 Å². The molecule has 0 saturated heterocycles. The number of aliphatic hydroxyl groups excluding tert-OH is 1. The molecule has 136 valence electrons. The normalized spacial score (nSPS) is 11.7. The zero-order chi connectivity index (χ0) is 19.4. The van der Waals surface area contributed by atoms with Crippen molar-refractivity contribution < 1.29 is 14.1 Å². The molecule has 27 heavy (non-hydrogen) atoms. The fraction of sp³-hybridized carbons (Fsp3) is 0.0909. The lowest BCUT2D eigenvalue weighted by molar-refractivity contribution is -0.575. The summed E-state index contributed by atoms with van der Waals surface area (Å²) in [6, 6.07) is 17.5. The molecule has 0 bridgehead atoms. The summed E-state index contributed by atoms with van der Waals surface area (Å²) in [5.74, 6) is -0.397. The summed E-state index contributed by atoms with van der Waals surface area (Å²) in [4.78, 5) is 0.215. The van der Waals surface area contributed by atoms with E-state index in [0.29, 0.717) is 11.3 Å². The Hall–Kier alpha value is -3.05. The van der Waals surface area contributed by atoms with Crippen molar-refractivity contribution >= 4 is 34.3 Å². The third-order valence-electron chi connectivity index (χ3n) is 4.32. The van der Waals surface area contributed by atoms with Crippen molar-refractivity contribution in [2.24, 2.45) is 0 Å². The van der Waals surface area contributed by atoms with Crippen LogP contribution in [0.3, 0.4) is 0 Å². The lowest BCUT2D eigenvalue weighted by Crippen LogP contribution is -2.38. The number of thiocarbonyl (C=S) groups is 1. The van der Waals surface area contributed by atoms with Gasteiger partial charge in [0, 0.05) is 17.7 Å². The molecule has 3 rings (SSSR count). The lowest BCUT2D eigenvalue weighted by atomic mass is 10.0. The van der Waals surface area contributed by atoms with Crippen LogP contribution in [0.15, 0.2) is 73.1 Å². The van der Waals surface area contributed by atoms with E-state index in [1.807, 2.05) is 50.2 Å². The van der Waals surface area contributed by atoms with Gasteiger partial charge in [0.15, 0.2) is 23.1 Å². The van der Waals surface area contributed by atoms with Crippen molar-refractivity contribution in [3.63, 3.8) is 0 Å². The summed E-state index contributed by atoms with van der Waals surface area (Å²) < 4.78 is 15.7. The Bertz CT molecular complexity index is 1020. The summed E-state index contributed by atoms with van der Waals surface area (Å²) >= 11 is 5.52. The fourth-order valence-electron chi connectivity index (χ4n) is 2.66. The number of benzene rings is 2. The Morgan fingerprint density at radius 3 is 2.33 bits per heavy atom. The molecular formula is C22H20FN2OS+. The van der Waals surface area contributed by atoms with Crippen LogP contribution in [0.2, 0.25) is 0 Å². The van der Waals surface area contributed by atoms with E-state index in [0.717, 1.165) is 11.1 Å². The number of nitrogens with zero attached hydrogens (tertiary/aromatic N) is 1. The maximum Gasteiger partial charge on any atom is 0.288 e. The molecule has 0 unspecified atom stereocenters. The second-order valence-electron chi connectivity index (χ2n) is 6.21. The van der Waals surface area contributed by atoms with Crippen molar-refractivity contribution in [2.75, 3.05) is 5.32 Å².